The molecule has 4 nitrogen and oxygen atoms in total. The first-order chi connectivity index (χ1) is 8.04. The van der Waals surface area contributed by atoms with Crippen LogP contribution in [0.5, 0.6) is 0 Å². The molecule has 2 aromatic rings. The van der Waals surface area contributed by atoms with Crippen molar-refractivity contribution in [3.05, 3.63) is 33.9 Å². The van der Waals surface area contributed by atoms with Gasteiger partial charge in [0.1, 0.15) is 0 Å². The average molecular weight is 301 g/mol. The number of fused-ring (bicyclic) bond motifs is 1. The van der Waals surface area contributed by atoms with E-state index < -0.39 is 11.8 Å². The summed E-state index contributed by atoms with van der Waals surface area (Å²) >= 11 is 3.19. The molecule has 17 heavy (non-hydrogen) atoms. The normalized spacial score (nSPS) is 10.8. The smallest absolute Gasteiger partial charge is 0.358 e. The maximum atomic E-state index is 13.6. The minimum atomic E-state index is -0.538. The number of nitrogens with zero attached hydrogens (tertiary/aromatic N) is 2. The Labute approximate surface area is 106 Å². The highest BCUT2D eigenvalue weighted by Crippen LogP contribution is 2.20. The van der Waals surface area contributed by atoms with Crippen molar-refractivity contribution in [1.82, 2.24) is 9.38 Å². The van der Waals surface area contributed by atoms with Crippen LogP contribution in [0.15, 0.2) is 16.7 Å². The third-order valence-electron chi connectivity index (χ3n) is 2.35. The summed E-state index contributed by atoms with van der Waals surface area (Å²) < 4.78 is 20.6. The molecule has 0 atom stereocenters. The van der Waals surface area contributed by atoms with Gasteiger partial charge in [0.05, 0.1) is 12.3 Å². The molecule has 2 heterocycles. The van der Waals surface area contributed by atoms with Crippen LogP contribution in [0.25, 0.3) is 5.65 Å². The van der Waals surface area contributed by atoms with E-state index in [0.29, 0.717) is 10.2 Å². The van der Waals surface area contributed by atoms with Crippen molar-refractivity contribution in [2.45, 2.75) is 13.8 Å². The predicted octanol–water partition coefficient (Wildman–Crippen LogP) is 2.72. The molecule has 0 N–H and O–H groups in total. The Bertz CT molecular complexity index is 595. The lowest BCUT2D eigenvalue weighted by Crippen LogP contribution is -2.06. The van der Waals surface area contributed by atoms with E-state index in [0.717, 1.165) is 0 Å². The van der Waals surface area contributed by atoms with E-state index in [9.17, 15) is 9.18 Å². The van der Waals surface area contributed by atoms with Crippen molar-refractivity contribution in [1.29, 1.82) is 0 Å². The lowest BCUT2D eigenvalue weighted by molar-refractivity contribution is 0.0519. The number of ether oxygens (including phenoxy) is 1. The van der Waals surface area contributed by atoms with Crippen molar-refractivity contribution in [3.8, 4) is 0 Å². The molecule has 0 saturated heterocycles. The van der Waals surface area contributed by atoms with Crippen LogP contribution in [-0.2, 0) is 4.74 Å². The van der Waals surface area contributed by atoms with Crippen LogP contribution in [0.1, 0.15) is 23.1 Å². The van der Waals surface area contributed by atoms with E-state index in [2.05, 4.69) is 20.9 Å². The van der Waals surface area contributed by atoms with E-state index in [4.69, 9.17) is 4.74 Å². The van der Waals surface area contributed by atoms with Crippen LogP contribution in [-0.4, -0.2) is 22.0 Å². The number of aryl methyl sites for hydroxylation is 1. The van der Waals surface area contributed by atoms with E-state index in [-0.39, 0.29) is 17.9 Å². The van der Waals surface area contributed by atoms with Gasteiger partial charge in [0.25, 0.3) is 0 Å². The number of hydrogen-bond donors (Lipinski definition) is 0. The summed E-state index contributed by atoms with van der Waals surface area (Å²) in [6.45, 7) is 3.66. The maximum Gasteiger partial charge on any atom is 0.358 e. The summed E-state index contributed by atoms with van der Waals surface area (Å²) in [7, 11) is 0. The maximum absolute atomic E-state index is 13.6. The van der Waals surface area contributed by atoms with Crippen LogP contribution >= 0.6 is 15.9 Å². The average Bonchev–Trinajstić information content (AvgIpc) is 2.57. The summed E-state index contributed by atoms with van der Waals surface area (Å²) in [5.41, 5.74) is 0.816. The number of esters is 1. The molecule has 0 bridgehead atoms. The first-order valence-corrected chi connectivity index (χ1v) is 5.84. The zero-order chi connectivity index (χ0) is 12.6. The van der Waals surface area contributed by atoms with Crippen LogP contribution in [0.4, 0.5) is 4.39 Å². The van der Waals surface area contributed by atoms with Gasteiger partial charge in [-0.3, -0.25) is 4.40 Å². The Kier molecular flexibility index (Phi) is 3.15. The molecule has 0 aliphatic carbocycles. The molecule has 2 rings (SSSR count). The topological polar surface area (TPSA) is 43.6 Å². The van der Waals surface area contributed by atoms with Crippen molar-refractivity contribution < 1.29 is 13.9 Å². The minimum absolute atomic E-state index is 0.119. The van der Waals surface area contributed by atoms with Gasteiger partial charge in [0.15, 0.2) is 17.2 Å². The van der Waals surface area contributed by atoms with Gasteiger partial charge in [-0.25, -0.2) is 14.2 Å². The fourth-order valence-electron chi connectivity index (χ4n) is 1.58. The summed E-state index contributed by atoms with van der Waals surface area (Å²) in [5, 5.41) is 0. The summed E-state index contributed by atoms with van der Waals surface area (Å²) in [5.74, 6) is -1.03. The van der Waals surface area contributed by atoms with Crippen molar-refractivity contribution in [2.75, 3.05) is 6.61 Å². The first-order valence-electron chi connectivity index (χ1n) is 5.05. The highest BCUT2D eigenvalue weighted by atomic mass is 79.9. The molecule has 0 aliphatic heterocycles. The van der Waals surface area contributed by atoms with Gasteiger partial charge in [-0.1, -0.05) is 0 Å². The molecule has 0 fully saturated rings. The predicted molar refractivity (Wildman–Crippen MR) is 63.5 cm³/mol. The van der Waals surface area contributed by atoms with Gasteiger partial charge < -0.3 is 4.74 Å². The van der Waals surface area contributed by atoms with E-state index in [1.807, 2.05) is 0 Å². The van der Waals surface area contributed by atoms with Gasteiger partial charge in [0.2, 0.25) is 0 Å². The van der Waals surface area contributed by atoms with Gasteiger partial charge in [0, 0.05) is 10.7 Å². The zero-order valence-electron chi connectivity index (χ0n) is 9.33. The van der Waals surface area contributed by atoms with Gasteiger partial charge in [-0.2, -0.15) is 0 Å². The van der Waals surface area contributed by atoms with Crippen LogP contribution < -0.4 is 0 Å². The van der Waals surface area contributed by atoms with Crippen LogP contribution in [0, 0.1) is 12.7 Å². The quantitative estimate of drug-likeness (QED) is 0.801. The number of pyridine rings is 1. The van der Waals surface area contributed by atoms with Crippen molar-refractivity contribution in [3.63, 3.8) is 0 Å². The molecular weight excluding hydrogens is 291 g/mol. The largest absolute Gasteiger partial charge is 0.461 e. The Balaban J connectivity index is 2.64. The fraction of sp³-hybridized carbons (Fsp3) is 0.273. The molecule has 6 heteroatoms. The van der Waals surface area contributed by atoms with Crippen LogP contribution in [0.2, 0.25) is 0 Å². The number of rotatable bonds is 2. The van der Waals surface area contributed by atoms with E-state index >= 15 is 0 Å². The number of imidazole rings is 1. The number of carbonyl (C=O) groups excluding carboxylic acids is 1. The third-order valence-corrected chi connectivity index (χ3v) is 2.78. The zero-order valence-corrected chi connectivity index (χ0v) is 10.9. The second-order valence-corrected chi connectivity index (χ2v) is 4.38. The standard InChI is InChI=1S/C11H10BrFN2O2/c1-3-17-11(16)9-6(2)15-5-7(12)4-8(13)10(15)14-9/h4-5H,3H2,1-2H3. The number of carbonyl (C=O) groups is 1. The van der Waals surface area contributed by atoms with Gasteiger partial charge in [-0.15, -0.1) is 0 Å². The molecule has 0 spiro atoms. The molecule has 0 aromatic carbocycles. The Morgan fingerprint density at radius 1 is 1.65 bits per heavy atom. The van der Waals surface area contributed by atoms with Gasteiger partial charge >= 0.3 is 5.97 Å². The minimum Gasteiger partial charge on any atom is -0.461 e. The van der Waals surface area contributed by atoms with Crippen LogP contribution in [0.3, 0.4) is 0 Å². The first kappa shape index (κ1) is 12.0. The highest BCUT2D eigenvalue weighted by molar-refractivity contribution is 9.10. The molecule has 0 saturated carbocycles. The van der Waals surface area contributed by atoms with Crippen molar-refractivity contribution in [2.24, 2.45) is 0 Å². The van der Waals surface area contributed by atoms with Gasteiger partial charge in [-0.05, 0) is 35.8 Å². The molecule has 0 radical (unpaired) electrons. The molecular formula is C11H10BrFN2O2. The van der Waals surface area contributed by atoms with E-state index in [1.165, 1.54) is 10.5 Å². The third kappa shape index (κ3) is 2.04. The lowest BCUT2D eigenvalue weighted by Gasteiger charge is -2.00. The SMILES string of the molecule is CCOC(=O)c1nc2c(F)cc(Br)cn2c1C. The molecule has 2 aromatic heterocycles. The van der Waals surface area contributed by atoms with Crippen molar-refractivity contribution >= 4 is 27.5 Å². The monoisotopic (exact) mass is 300 g/mol. The summed E-state index contributed by atoms with van der Waals surface area (Å²) in [6.07, 6.45) is 1.66. The Morgan fingerprint density at radius 2 is 2.35 bits per heavy atom. The lowest BCUT2D eigenvalue weighted by atomic mass is 10.3. The second-order valence-electron chi connectivity index (χ2n) is 3.47. The Morgan fingerprint density at radius 3 is 3.00 bits per heavy atom. The second kappa shape index (κ2) is 4.44. The summed E-state index contributed by atoms with van der Waals surface area (Å²) in [6, 6.07) is 1.30. The highest BCUT2D eigenvalue weighted by Gasteiger charge is 2.19. The van der Waals surface area contributed by atoms with E-state index in [1.54, 1.807) is 20.0 Å². The Hall–Kier alpha value is -1.43. The number of halogens is 2. The summed E-state index contributed by atoms with van der Waals surface area (Å²) in [4.78, 5) is 15.6. The number of hydrogen-bond acceptors (Lipinski definition) is 3. The molecule has 90 valence electrons. The number of aromatic nitrogens is 2. The molecule has 0 unspecified atom stereocenters. The molecule has 0 aliphatic rings. The fourth-order valence-corrected chi connectivity index (χ4v) is 1.98. The molecule has 0 amide bonds.